The molecule has 0 unspecified atom stereocenters. The summed E-state index contributed by atoms with van der Waals surface area (Å²) in [5.74, 6) is 1.02. The van der Waals surface area contributed by atoms with Crippen molar-refractivity contribution in [3.05, 3.63) is 59.1 Å². The molecule has 0 fully saturated rings. The average molecular weight is 399 g/mol. The molecule has 1 heterocycles. The Kier molecular flexibility index (Phi) is 6.11. The average Bonchev–Trinajstić information content (AvgIpc) is 3.18. The number of esters is 1. The van der Waals surface area contributed by atoms with Gasteiger partial charge in [0.05, 0.1) is 18.2 Å². The van der Waals surface area contributed by atoms with Crippen molar-refractivity contribution in [3.63, 3.8) is 0 Å². The molecule has 28 heavy (non-hydrogen) atoms. The van der Waals surface area contributed by atoms with Crippen LogP contribution >= 0.6 is 11.6 Å². The van der Waals surface area contributed by atoms with Crippen LogP contribution in [-0.4, -0.2) is 29.3 Å². The van der Waals surface area contributed by atoms with Gasteiger partial charge in [-0.15, -0.1) is 0 Å². The zero-order chi connectivity index (χ0) is 20.1. The van der Waals surface area contributed by atoms with Gasteiger partial charge in [-0.05, 0) is 55.8 Å². The van der Waals surface area contributed by atoms with E-state index in [0.29, 0.717) is 22.5 Å². The summed E-state index contributed by atoms with van der Waals surface area (Å²) in [7, 11) is 1.33. The Morgan fingerprint density at radius 1 is 1.14 bits per heavy atom. The SMILES string of the molecule is COC(=O)/C=C\c1ccc(-c2nc(-c3ccc(OC(C)C)c(Cl)c3)no2)cc1. The second-order valence-corrected chi connectivity index (χ2v) is 6.62. The van der Waals surface area contributed by atoms with Crippen molar-refractivity contribution < 1.29 is 18.8 Å². The van der Waals surface area contributed by atoms with Crippen LogP contribution in [0.4, 0.5) is 0 Å². The second kappa shape index (κ2) is 8.71. The molecule has 0 amide bonds. The van der Waals surface area contributed by atoms with E-state index in [1.807, 2.05) is 44.2 Å². The monoisotopic (exact) mass is 398 g/mol. The van der Waals surface area contributed by atoms with Gasteiger partial charge in [-0.25, -0.2) is 4.79 Å². The van der Waals surface area contributed by atoms with Gasteiger partial charge in [-0.3, -0.25) is 0 Å². The Hall–Kier alpha value is -3.12. The predicted molar refractivity (Wildman–Crippen MR) is 107 cm³/mol. The molecular weight excluding hydrogens is 380 g/mol. The van der Waals surface area contributed by atoms with Gasteiger partial charge in [-0.2, -0.15) is 4.98 Å². The first-order valence-electron chi connectivity index (χ1n) is 8.63. The standard InChI is InChI=1S/C21H19ClN2O4/c1-13(2)27-18-10-9-16(12-17(18)22)20-23-21(28-24-20)15-7-4-14(5-8-15)6-11-19(25)26-3/h4-13H,1-3H3/b11-6-. The zero-order valence-corrected chi connectivity index (χ0v) is 16.4. The fourth-order valence-corrected chi connectivity index (χ4v) is 2.64. The molecule has 0 radical (unpaired) electrons. The number of hydrogen-bond acceptors (Lipinski definition) is 6. The van der Waals surface area contributed by atoms with E-state index in [0.717, 1.165) is 16.7 Å². The van der Waals surface area contributed by atoms with E-state index in [1.165, 1.54) is 13.2 Å². The van der Waals surface area contributed by atoms with Crippen molar-refractivity contribution in [3.8, 4) is 28.6 Å². The first-order valence-corrected chi connectivity index (χ1v) is 9.01. The summed E-state index contributed by atoms with van der Waals surface area (Å²) < 4.78 is 15.6. The van der Waals surface area contributed by atoms with Crippen LogP contribution in [0.25, 0.3) is 28.9 Å². The molecule has 0 N–H and O–H groups in total. The number of nitrogens with zero attached hydrogens (tertiary/aromatic N) is 2. The third-order valence-electron chi connectivity index (χ3n) is 3.75. The lowest BCUT2D eigenvalue weighted by molar-refractivity contribution is -0.134. The molecule has 3 rings (SSSR count). The molecule has 7 heteroatoms. The van der Waals surface area contributed by atoms with Gasteiger partial charge in [-0.1, -0.05) is 28.9 Å². The highest BCUT2D eigenvalue weighted by Crippen LogP contribution is 2.31. The van der Waals surface area contributed by atoms with E-state index in [9.17, 15) is 4.79 Å². The van der Waals surface area contributed by atoms with Crippen LogP contribution in [0.1, 0.15) is 19.4 Å². The molecule has 1 aromatic heterocycles. The van der Waals surface area contributed by atoms with E-state index in [4.69, 9.17) is 20.9 Å². The number of ether oxygens (including phenoxy) is 2. The van der Waals surface area contributed by atoms with Gasteiger partial charge in [0.1, 0.15) is 5.75 Å². The molecule has 0 atom stereocenters. The van der Waals surface area contributed by atoms with Crippen molar-refractivity contribution >= 4 is 23.6 Å². The molecule has 0 spiro atoms. The summed E-state index contributed by atoms with van der Waals surface area (Å²) in [5, 5.41) is 4.51. The Balaban J connectivity index is 1.78. The van der Waals surface area contributed by atoms with Crippen molar-refractivity contribution in [1.82, 2.24) is 10.1 Å². The lowest BCUT2D eigenvalue weighted by Gasteiger charge is -2.11. The molecule has 0 aliphatic carbocycles. The van der Waals surface area contributed by atoms with Crippen molar-refractivity contribution in [1.29, 1.82) is 0 Å². The predicted octanol–water partition coefficient (Wildman–Crippen LogP) is 5.03. The van der Waals surface area contributed by atoms with E-state index in [-0.39, 0.29) is 6.10 Å². The van der Waals surface area contributed by atoms with Gasteiger partial charge in [0.15, 0.2) is 0 Å². The molecule has 144 valence electrons. The maximum absolute atomic E-state index is 11.1. The quantitative estimate of drug-likeness (QED) is 0.428. The Morgan fingerprint density at radius 2 is 1.86 bits per heavy atom. The number of hydrogen-bond donors (Lipinski definition) is 0. The summed E-state index contributed by atoms with van der Waals surface area (Å²) in [4.78, 5) is 15.6. The third-order valence-corrected chi connectivity index (χ3v) is 4.04. The molecule has 0 aliphatic rings. The smallest absolute Gasteiger partial charge is 0.330 e. The van der Waals surface area contributed by atoms with Gasteiger partial charge in [0, 0.05) is 17.2 Å². The zero-order valence-electron chi connectivity index (χ0n) is 15.7. The summed E-state index contributed by atoms with van der Waals surface area (Å²) in [6.45, 7) is 3.87. The lowest BCUT2D eigenvalue weighted by Crippen LogP contribution is -2.05. The largest absolute Gasteiger partial charge is 0.489 e. The number of rotatable bonds is 6. The molecule has 0 saturated heterocycles. The minimum atomic E-state index is -0.408. The highest BCUT2D eigenvalue weighted by Gasteiger charge is 2.13. The minimum Gasteiger partial charge on any atom is -0.489 e. The van der Waals surface area contributed by atoms with Crippen LogP contribution in [0.5, 0.6) is 5.75 Å². The Bertz CT molecular complexity index is 994. The molecular formula is C21H19ClN2O4. The highest BCUT2D eigenvalue weighted by molar-refractivity contribution is 6.32. The number of aromatic nitrogens is 2. The molecule has 2 aromatic carbocycles. The molecule has 0 saturated carbocycles. The van der Waals surface area contributed by atoms with E-state index >= 15 is 0 Å². The first kappa shape index (κ1) is 19.6. The summed E-state index contributed by atoms with van der Waals surface area (Å²) in [5.41, 5.74) is 2.34. The van der Waals surface area contributed by atoms with E-state index in [1.54, 1.807) is 18.2 Å². The van der Waals surface area contributed by atoms with Crippen LogP contribution in [0.2, 0.25) is 5.02 Å². The van der Waals surface area contributed by atoms with E-state index < -0.39 is 5.97 Å². The van der Waals surface area contributed by atoms with Gasteiger partial charge in [0.25, 0.3) is 5.89 Å². The van der Waals surface area contributed by atoms with Crippen LogP contribution in [0.3, 0.4) is 0 Å². The molecule has 6 nitrogen and oxygen atoms in total. The van der Waals surface area contributed by atoms with Crippen molar-refractivity contribution in [2.24, 2.45) is 0 Å². The van der Waals surface area contributed by atoms with Crippen molar-refractivity contribution in [2.45, 2.75) is 20.0 Å². The molecule has 0 bridgehead atoms. The number of benzene rings is 2. The lowest BCUT2D eigenvalue weighted by atomic mass is 10.1. The maximum Gasteiger partial charge on any atom is 0.330 e. The topological polar surface area (TPSA) is 74.5 Å². The van der Waals surface area contributed by atoms with Gasteiger partial charge >= 0.3 is 5.97 Å². The maximum atomic E-state index is 11.1. The normalized spacial score (nSPS) is 11.2. The van der Waals surface area contributed by atoms with Crippen LogP contribution < -0.4 is 4.74 Å². The highest BCUT2D eigenvalue weighted by atomic mass is 35.5. The van der Waals surface area contributed by atoms with Crippen LogP contribution in [0, 0.1) is 0 Å². The number of methoxy groups -OCH3 is 1. The van der Waals surface area contributed by atoms with Gasteiger partial charge < -0.3 is 14.0 Å². The number of halogens is 1. The summed E-state index contributed by atoms with van der Waals surface area (Å²) >= 11 is 6.28. The Labute approximate surface area is 167 Å². The van der Waals surface area contributed by atoms with Crippen LogP contribution in [-0.2, 0) is 9.53 Å². The first-order chi connectivity index (χ1) is 13.5. The molecule has 3 aromatic rings. The fourth-order valence-electron chi connectivity index (χ4n) is 2.42. The number of carbonyl (C=O) groups excluding carboxylic acids is 1. The molecule has 0 aliphatic heterocycles. The third kappa shape index (κ3) is 4.78. The Morgan fingerprint density at radius 3 is 2.50 bits per heavy atom. The second-order valence-electron chi connectivity index (χ2n) is 6.21. The van der Waals surface area contributed by atoms with Gasteiger partial charge in [0.2, 0.25) is 5.82 Å². The van der Waals surface area contributed by atoms with Crippen molar-refractivity contribution in [2.75, 3.05) is 7.11 Å². The van der Waals surface area contributed by atoms with E-state index in [2.05, 4.69) is 14.9 Å². The minimum absolute atomic E-state index is 0.0329. The summed E-state index contributed by atoms with van der Waals surface area (Å²) in [6, 6.07) is 12.7. The fraction of sp³-hybridized carbons (Fsp3) is 0.190. The van der Waals surface area contributed by atoms with Crippen LogP contribution in [0.15, 0.2) is 53.1 Å². The number of carbonyl (C=O) groups is 1. The summed E-state index contributed by atoms with van der Waals surface area (Å²) in [6.07, 6.45) is 3.05.